The van der Waals surface area contributed by atoms with Crippen LogP contribution in [0.25, 0.3) is 0 Å². The molecule has 4 rings (SSSR count). The number of amidine groups is 1. The third-order valence-electron chi connectivity index (χ3n) is 5.64. The largest absolute Gasteiger partial charge is 0.345 e. The molecule has 0 N–H and O–H groups in total. The van der Waals surface area contributed by atoms with E-state index in [1.54, 1.807) is 11.8 Å². The summed E-state index contributed by atoms with van der Waals surface area (Å²) in [6, 6.07) is 20.8. The second-order valence-electron chi connectivity index (χ2n) is 7.67. The van der Waals surface area contributed by atoms with Crippen LogP contribution in [0.5, 0.6) is 0 Å². The molecule has 2 saturated heterocycles. The van der Waals surface area contributed by atoms with E-state index in [9.17, 15) is 4.79 Å². The summed E-state index contributed by atoms with van der Waals surface area (Å²) < 4.78 is 0. The van der Waals surface area contributed by atoms with Crippen molar-refractivity contribution in [3.63, 3.8) is 0 Å². The number of hydrogen-bond donors (Lipinski definition) is 0. The quantitative estimate of drug-likeness (QED) is 0.704. The molecule has 0 spiro atoms. The average molecular weight is 409 g/mol. The van der Waals surface area contributed by atoms with Gasteiger partial charge in [-0.1, -0.05) is 72.4 Å². The Balaban J connectivity index is 1.68. The number of nitrogens with zero attached hydrogens (tertiary/aromatic N) is 4. The van der Waals surface area contributed by atoms with Gasteiger partial charge < -0.3 is 9.80 Å². The Kier molecular flexibility index (Phi) is 6.21. The molecule has 0 aliphatic carbocycles. The monoisotopic (exact) mass is 408 g/mol. The molecular weight excluding hydrogens is 380 g/mol. The minimum absolute atomic E-state index is 0.00978. The zero-order valence-electron chi connectivity index (χ0n) is 17.1. The van der Waals surface area contributed by atoms with Crippen molar-refractivity contribution in [3.8, 4) is 0 Å². The van der Waals surface area contributed by atoms with Crippen LogP contribution in [-0.2, 0) is 0 Å². The smallest absolute Gasteiger partial charge is 0.334 e. The zero-order valence-corrected chi connectivity index (χ0v) is 17.9. The number of piperidine rings is 1. The molecule has 2 atom stereocenters. The van der Waals surface area contributed by atoms with Crippen molar-refractivity contribution in [1.29, 1.82) is 0 Å². The number of urea groups is 1. The van der Waals surface area contributed by atoms with Gasteiger partial charge in [-0.15, -0.1) is 0 Å². The van der Waals surface area contributed by atoms with Gasteiger partial charge >= 0.3 is 6.03 Å². The fourth-order valence-corrected chi connectivity index (χ4v) is 5.29. The number of carbonyl (C=O) groups is 1. The summed E-state index contributed by atoms with van der Waals surface area (Å²) in [4.78, 5) is 23.8. The van der Waals surface area contributed by atoms with E-state index in [1.807, 2.05) is 24.1 Å². The fraction of sp³-hybridized carbons (Fsp3) is 0.391. The van der Waals surface area contributed by atoms with Crippen molar-refractivity contribution >= 4 is 23.0 Å². The number of amides is 2. The van der Waals surface area contributed by atoms with E-state index in [0.29, 0.717) is 0 Å². The Morgan fingerprint density at radius 3 is 2.10 bits per heavy atom. The molecule has 152 valence electrons. The number of thioether (sulfide) groups is 1. The van der Waals surface area contributed by atoms with Gasteiger partial charge in [0.25, 0.3) is 0 Å². The van der Waals surface area contributed by atoms with E-state index in [0.717, 1.165) is 31.1 Å². The van der Waals surface area contributed by atoms with Crippen LogP contribution >= 0.6 is 11.8 Å². The predicted molar refractivity (Wildman–Crippen MR) is 120 cm³/mol. The SMILES string of the molecule is CN1/C(=N/C(=O)N2CCCCC2)SC(c2ccccc2)N(C)C1c1ccccc1. The first kappa shape index (κ1) is 20.0. The van der Waals surface area contributed by atoms with Crippen LogP contribution in [-0.4, -0.2) is 53.1 Å². The maximum Gasteiger partial charge on any atom is 0.345 e. The van der Waals surface area contributed by atoms with Gasteiger partial charge in [-0.3, -0.25) is 4.90 Å². The molecule has 0 saturated carbocycles. The van der Waals surface area contributed by atoms with Crippen molar-refractivity contribution < 1.29 is 4.79 Å². The lowest BCUT2D eigenvalue weighted by atomic mass is 10.1. The van der Waals surface area contributed by atoms with Gasteiger partial charge in [0.15, 0.2) is 5.17 Å². The molecule has 2 amide bonds. The highest BCUT2D eigenvalue weighted by atomic mass is 32.2. The van der Waals surface area contributed by atoms with Crippen LogP contribution in [0.3, 0.4) is 0 Å². The second-order valence-corrected chi connectivity index (χ2v) is 8.71. The van der Waals surface area contributed by atoms with E-state index in [1.165, 1.54) is 17.5 Å². The lowest BCUT2D eigenvalue weighted by molar-refractivity contribution is 0.120. The van der Waals surface area contributed by atoms with Gasteiger partial charge in [0.2, 0.25) is 0 Å². The summed E-state index contributed by atoms with van der Waals surface area (Å²) in [5.74, 6) is 0. The third-order valence-corrected chi connectivity index (χ3v) is 7.06. The fourth-order valence-electron chi connectivity index (χ4n) is 4.12. The number of carbonyl (C=O) groups excluding carboxylic acids is 1. The van der Waals surface area contributed by atoms with E-state index in [-0.39, 0.29) is 17.6 Å². The van der Waals surface area contributed by atoms with Crippen LogP contribution in [0.2, 0.25) is 0 Å². The van der Waals surface area contributed by atoms with E-state index in [2.05, 4.69) is 70.4 Å². The molecular formula is C23H28N4OS. The Hall–Kier alpha value is -2.31. The standard InChI is InChI=1S/C23H28N4OS/c1-25-20(18-12-6-3-7-13-18)26(2)23(24-22(28)27-16-10-5-11-17-27)29-21(25)19-14-8-4-9-15-19/h3-4,6-9,12-15,20-21H,5,10-11,16-17H2,1-2H3/b24-23-. The predicted octanol–water partition coefficient (Wildman–Crippen LogP) is 4.96. The molecule has 2 aromatic carbocycles. The van der Waals surface area contributed by atoms with Gasteiger partial charge in [0, 0.05) is 20.1 Å². The van der Waals surface area contributed by atoms with Crippen molar-refractivity contribution in [2.75, 3.05) is 27.2 Å². The molecule has 29 heavy (non-hydrogen) atoms. The Bertz CT molecular complexity index is 852. The molecule has 5 nitrogen and oxygen atoms in total. The molecule has 2 fully saturated rings. The van der Waals surface area contributed by atoms with Crippen LogP contribution in [0.15, 0.2) is 65.7 Å². The zero-order chi connectivity index (χ0) is 20.2. The lowest BCUT2D eigenvalue weighted by Gasteiger charge is -2.46. The van der Waals surface area contributed by atoms with E-state index in [4.69, 9.17) is 0 Å². The van der Waals surface area contributed by atoms with Crippen LogP contribution in [0, 0.1) is 0 Å². The van der Waals surface area contributed by atoms with Crippen LogP contribution in [0.1, 0.15) is 41.9 Å². The molecule has 0 bridgehead atoms. The Morgan fingerprint density at radius 1 is 0.897 bits per heavy atom. The average Bonchev–Trinajstić information content (AvgIpc) is 2.77. The second kappa shape index (κ2) is 9.01. The van der Waals surface area contributed by atoms with E-state index < -0.39 is 0 Å². The normalized spacial score (nSPS) is 24.7. The molecule has 2 aliphatic rings. The first-order valence-electron chi connectivity index (χ1n) is 10.2. The highest BCUT2D eigenvalue weighted by molar-refractivity contribution is 8.14. The van der Waals surface area contributed by atoms with Crippen LogP contribution < -0.4 is 0 Å². The number of rotatable bonds is 2. The highest BCUT2D eigenvalue weighted by Gasteiger charge is 2.38. The molecule has 2 aliphatic heterocycles. The summed E-state index contributed by atoms with van der Waals surface area (Å²) in [5.41, 5.74) is 2.41. The van der Waals surface area contributed by atoms with Gasteiger partial charge in [0.05, 0.1) is 5.37 Å². The topological polar surface area (TPSA) is 39.2 Å². The van der Waals surface area contributed by atoms with Crippen molar-refractivity contribution in [3.05, 3.63) is 71.8 Å². The van der Waals surface area contributed by atoms with Gasteiger partial charge in [-0.25, -0.2) is 4.79 Å². The highest BCUT2D eigenvalue weighted by Crippen LogP contribution is 2.44. The molecule has 2 unspecified atom stereocenters. The van der Waals surface area contributed by atoms with Gasteiger partial charge in [0.1, 0.15) is 6.17 Å². The van der Waals surface area contributed by atoms with Crippen molar-refractivity contribution in [1.82, 2.24) is 14.7 Å². The minimum atomic E-state index is -0.109. The summed E-state index contributed by atoms with van der Waals surface area (Å²) in [7, 11) is 4.17. The summed E-state index contributed by atoms with van der Waals surface area (Å²) in [6.07, 6.45) is 3.35. The minimum Gasteiger partial charge on any atom is -0.334 e. The maximum absolute atomic E-state index is 12.9. The molecule has 0 aromatic heterocycles. The summed E-state index contributed by atoms with van der Waals surface area (Å²) in [6.45, 7) is 1.63. The number of benzene rings is 2. The van der Waals surface area contributed by atoms with Crippen LogP contribution in [0.4, 0.5) is 4.79 Å². The first-order valence-corrected chi connectivity index (χ1v) is 11.1. The lowest BCUT2D eigenvalue weighted by Crippen LogP contribution is -2.46. The third kappa shape index (κ3) is 4.33. The number of likely N-dealkylation sites (tertiary alicyclic amines) is 1. The summed E-state index contributed by atoms with van der Waals surface area (Å²) in [5, 5.41) is 0.867. The molecule has 0 radical (unpaired) electrons. The molecule has 2 aromatic rings. The first-order chi connectivity index (χ1) is 14.1. The Labute approximate surface area is 177 Å². The maximum atomic E-state index is 12.9. The number of aliphatic imine (C=N–C) groups is 1. The van der Waals surface area contributed by atoms with Gasteiger partial charge in [-0.2, -0.15) is 4.99 Å². The van der Waals surface area contributed by atoms with E-state index >= 15 is 0 Å². The Morgan fingerprint density at radius 2 is 1.48 bits per heavy atom. The van der Waals surface area contributed by atoms with Crippen molar-refractivity contribution in [2.45, 2.75) is 30.8 Å². The number of hydrogen-bond acceptors (Lipinski definition) is 3. The van der Waals surface area contributed by atoms with Crippen molar-refractivity contribution in [2.24, 2.45) is 4.99 Å². The molecule has 6 heteroatoms. The summed E-state index contributed by atoms with van der Waals surface area (Å²) >= 11 is 1.65. The molecule has 2 heterocycles. The van der Waals surface area contributed by atoms with Gasteiger partial charge in [-0.05, 0) is 37.4 Å².